The summed E-state index contributed by atoms with van der Waals surface area (Å²) in [5.74, 6) is 0.560. The third-order valence-electron chi connectivity index (χ3n) is 2.47. The van der Waals surface area contributed by atoms with Crippen molar-refractivity contribution in [3.8, 4) is 5.95 Å². The van der Waals surface area contributed by atoms with E-state index in [1.54, 1.807) is 7.11 Å². The Morgan fingerprint density at radius 3 is 2.64 bits per heavy atom. The highest BCUT2D eigenvalue weighted by atomic mass is 16.6. The zero-order valence-electron chi connectivity index (χ0n) is 8.55. The molecule has 74 valence electrons. The van der Waals surface area contributed by atoms with Crippen LogP contribution in [-0.2, 0) is 0 Å². The molecule has 0 aliphatic heterocycles. The molecule has 1 aromatic carbocycles. The number of hydrogen-bond donors (Lipinski definition) is 1. The molecule has 0 radical (unpaired) electrons. The van der Waals surface area contributed by atoms with Gasteiger partial charge in [0.05, 0.1) is 7.11 Å². The summed E-state index contributed by atoms with van der Waals surface area (Å²) in [4.78, 5) is 0. The van der Waals surface area contributed by atoms with Crippen LogP contribution >= 0.6 is 0 Å². The van der Waals surface area contributed by atoms with E-state index in [-0.39, 0.29) is 0 Å². The van der Waals surface area contributed by atoms with Crippen LogP contribution in [0.2, 0.25) is 0 Å². The fourth-order valence-corrected chi connectivity index (χ4v) is 1.56. The number of furan rings is 1. The molecule has 1 heterocycles. The first-order valence-electron chi connectivity index (χ1n) is 4.46. The van der Waals surface area contributed by atoms with Gasteiger partial charge in [0.2, 0.25) is 0 Å². The molecule has 0 aliphatic rings. The highest BCUT2D eigenvalue weighted by molar-refractivity contribution is 5.86. The van der Waals surface area contributed by atoms with Crippen LogP contribution in [0.5, 0.6) is 5.95 Å². The third kappa shape index (κ3) is 1.13. The number of ether oxygens (including phenoxy) is 1. The fourth-order valence-electron chi connectivity index (χ4n) is 1.56. The number of hydrogen-bond acceptors (Lipinski definition) is 3. The number of aryl methyl sites for hydroxylation is 2. The van der Waals surface area contributed by atoms with Gasteiger partial charge in [-0.15, -0.1) is 0 Å². The number of benzene rings is 1. The van der Waals surface area contributed by atoms with E-state index in [0.29, 0.717) is 5.95 Å². The van der Waals surface area contributed by atoms with E-state index >= 15 is 0 Å². The Kier molecular flexibility index (Phi) is 1.88. The lowest BCUT2D eigenvalue weighted by Crippen LogP contribution is -1.88. The molecule has 0 unspecified atom stereocenters. The van der Waals surface area contributed by atoms with Crippen molar-refractivity contribution in [1.29, 1.82) is 0 Å². The Morgan fingerprint density at radius 2 is 2.00 bits per heavy atom. The van der Waals surface area contributed by atoms with Crippen LogP contribution in [0.4, 0.5) is 5.69 Å². The number of nitrogen functional groups attached to an aromatic ring is 1. The minimum absolute atomic E-state index is 0.560. The average molecular weight is 191 g/mol. The van der Waals surface area contributed by atoms with Crippen molar-refractivity contribution < 1.29 is 9.15 Å². The van der Waals surface area contributed by atoms with Crippen molar-refractivity contribution in [1.82, 2.24) is 0 Å². The predicted molar refractivity (Wildman–Crippen MR) is 56.7 cm³/mol. The molecule has 3 heteroatoms. The molecule has 0 spiro atoms. The summed E-state index contributed by atoms with van der Waals surface area (Å²) in [7, 11) is 1.60. The number of fused-ring (bicyclic) bond motifs is 1. The Balaban J connectivity index is 2.80. The van der Waals surface area contributed by atoms with Gasteiger partial charge < -0.3 is 14.9 Å². The zero-order valence-corrected chi connectivity index (χ0v) is 8.55. The van der Waals surface area contributed by atoms with E-state index in [1.165, 1.54) is 0 Å². The molecule has 3 nitrogen and oxygen atoms in total. The molecule has 1 aromatic heterocycles. The van der Waals surface area contributed by atoms with E-state index in [0.717, 1.165) is 27.8 Å². The minimum Gasteiger partial charge on any atom is -0.468 e. The molecule has 14 heavy (non-hydrogen) atoms. The SMILES string of the molecule is COc1oc2cc(N)c(C)cc2c1C. The summed E-state index contributed by atoms with van der Waals surface area (Å²) in [6.07, 6.45) is 0. The molecular weight excluding hydrogens is 178 g/mol. The summed E-state index contributed by atoms with van der Waals surface area (Å²) in [6, 6.07) is 3.85. The first-order valence-corrected chi connectivity index (χ1v) is 4.46. The first kappa shape index (κ1) is 8.94. The highest BCUT2D eigenvalue weighted by Gasteiger charge is 2.11. The fraction of sp³-hybridized carbons (Fsp3) is 0.273. The quantitative estimate of drug-likeness (QED) is 0.705. The zero-order chi connectivity index (χ0) is 10.3. The van der Waals surface area contributed by atoms with E-state index in [4.69, 9.17) is 14.9 Å². The van der Waals surface area contributed by atoms with Crippen molar-refractivity contribution in [2.24, 2.45) is 0 Å². The van der Waals surface area contributed by atoms with Crippen LogP contribution in [0.25, 0.3) is 11.0 Å². The van der Waals surface area contributed by atoms with Gasteiger partial charge in [0.1, 0.15) is 5.58 Å². The van der Waals surface area contributed by atoms with Crippen molar-refractivity contribution in [2.75, 3.05) is 12.8 Å². The van der Waals surface area contributed by atoms with Crippen LogP contribution in [0.3, 0.4) is 0 Å². The van der Waals surface area contributed by atoms with Gasteiger partial charge in [-0.1, -0.05) is 0 Å². The van der Waals surface area contributed by atoms with Crippen LogP contribution in [-0.4, -0.2) is 7.11 Å². The van der Waals surface area contributed by atoms with E-state index in [1.807, 2.05) is 26.0 Å². The lowest BCUT2D eigenvalue weighted by molar-refractivity contribution is 0.313. The van der Waals surface area contributed by atoms with E-state index < -0.39 is 0 Å². The first-order chi connectivity index (χ1) is 6.63. The molecule has 2 N–H and O–H groups in total. The largest absolute Gasteiger partial charge is 0.468 e. The van der Waals surface area contributed by atoms with Gasteiger partial charge in [-0.2, -0.15) is 0 Å². The maximum atomic E-state index is 5.79. The molecule has 0 atom stereocenters. The van der Waals surface area contributed by atoms with Crippen molar-refractivity contribution in [2.45, 2.75) is 13.8 Å². The lowest BCUT2D eigenvalue weighted by atomic mass is 10.1. The van der Waals surface area contributed by atoms with Crippen molar-refractivity contribution in [3.05, 3.63) is 23.3 Å². The average Bonchev–Trinajstić information content (AvgIpc) is 2.45. The molecule has 0 amide bonds. The summed E-state index contributed by atoms with van der Waals surface area (Å²) >= 11 is 0. The van der Waals surface area contributed by atoms with Gasteiger partial charge in [-0.3, -0.25) is 0 Å². The summed E-state index contributed by atoms with van der Waals surface area (Å²) in [5.41, 5.74) is 9.39. The Bertz CT molecular complexity index is 485. The maximum absolute atomic E-state index is 5.79. The predicted octanol–water partition coefficient (Wildman–Crippen LogP) is 2.64. The number of anilines is 1. The van der Waals surface area contributed by atoms with Gasteiger partial charge in [0, 0.05) is 22.7 Å². The summed E-state index contributed by atoms with van der Waals surface area (Å²) < 4.78 is 10.6. The molecule has 0 aliphatic carbocycles. The monoisotopic (exact) mass is 191 g/mol. The van der Waals surface area contributed by atoms with Crippen LogP contribution in [0.1, 0.15) is 11.1 Å². The second-order valence-electron chi connectivity index (χ2n) is 3.42. The molecule has 0 fully saturated rings. The second-order valence-corrected chi connectivity index (χ2v) is 3.42. The molecular formula is C11H13NO2. The topological polar surface area (TPSA) is 48.4 Å². The van der Waals surface area contributed by atoms with E-state index in [2.05, 4.69) is 0 Å². The Hall–Kier alpha value is -1.64. The molecule has 2 aromatic rings. The van der Waals surface area contributed by atoms with Gasteiger partial charge in [0.25, 0.3) is 5.95 Å². The highest BCUT2D eigenvalue weighted by Crippen LogP contribution is 2.33. The standard InChI is InChI=1S/C11H13NO2/c1-6-4-8-7(2)11(13-3)14-10(8)5-9(6)12/h4-5H,12H2,1-3H3. The number of nitrogens with two attached hydrogens (primary N) is 1. The Morgan fingerprint density at radius 1 is 1.29 bits per heavy atom. The third-order valence-corrected chi connectivity index (χ3v) is 2.47. The van der Waals surface area contributed by atoms with E-state index in [9.17, 15) is 0 Å². The minimum atomic E-state index is 0.560. The molecule has 2 rings (SSSR count). The van der Waals surface area contributed by atoms with Gasteiger partial charge in [0.15, 0.2) is 0 Å². The van der Waals surface area contributed by atoms with Crippen LogP contribution in [0.15, 0.2) is 16.5 Å². The lowest BCUT2D eigenvalue weighted by Gasteiger charge is -1.98. The normalized spacial score (nSPS) is 10.8. The summed E-state index contributed by atoms with van der Waals surface area (Å²) in [6.45, 7) is 3.95. The molecule has 0 bridgehead atoms. The number of rotatable bonds is 1. The van der Waals surface area contributed by atoms with Gasteiger partial charge in [-0.05, 0) is 25.5 Å². The summed E-state index contributed by atoms with van der Waals surface area (Å²) in [5, 5.41) is 1.06. The van der Waals surface area contributed by atoms with Crippen LogP contribution in [0, 0.1) is 13.8 Å². The van der Waals surface area contributed by atoms with Crippen molar-refractivity contribution in [3.63, 3.8) is 0 Å². The second kappa shape index (κ2) is 2.94. The van der Waals surface area contributed by atoms with Gasteiger partial charge >= 0.3 is 0 Å². The van der Waals surface area contributed by atoms with Crippen molar-refractivity contribution >= 4 is 16.7 Å². The Labute approximate surface area is 82.5 Å². The molecule has 0 saturated heterocycles. The number of methoxy groups -OCH3 is 1. The maximum Gasteiger partial charge on any atom is 0.288 e. The smallest absolute Gasteiger partial charge is 0.288 e. The van der Waals surface area contributed by atoms with Gasteiger partial charge in [-0.25, -0.2) is 0 Å². The van der Waals surface area contributed by atoms with Crippen LogP contribution < -0.4 is 10.5 Å². The molecule has 0 saturated carbocycles.